The van der Waals surface area contributed by atoms with Gasteiger partial charge in [-0.15, -0.1) is 0 Å². The van der Waals surface area contributed by atoms with Crippen LogP contribution in [0.15, 0.2) is 48.5 Å². The van der Waals surface area contributed by atoms with Crippen molar-refractivity contribution < 1.29 is 62.9 Å². The van der Waals surface area contributed by atoms with E-state index in [9.17, 15) is 58.2 Å². The van der Waals surface area contributed by atoms with Gasteiger partial charge in [-0.05, 0) is 93.3 Å². The molecule has 2 aromatic rings. The van der Waals surface area contributed by atoms with Crippen LogP contribution in [0.1, 0.15) is 109 Å². The minimum absolute atomic E-state index is 0.00521. The molecular weight excluding hydrogens is 1070 g/mol. The Balaban J connectivity index is 1.48. The van der Waals surface area contributed by atoms with Crippen molar-refractivity contribution in [2.24, 2.45) is 23.1 Å². The van der Waals surface area contributed by atoms with E-state index >= 15 is 0 Å². The van der Waals surface area contributed by atoms with E-state index in [4.69, 9.17) is 21.9 Å². The number of nitrogens with one attached hydrogen (secondary N) is 7. The quantitative estimate of drug-likeness (QED) is 0.0796. The van der Waals surface area contributed by atoms with Gasteiger partial charge in [0.25, 0.3) is 0 Å². The Bertz CT molecular complexity index is 2500. The lowest BCUT2D eigenvalue weighted by atomic mass is 9.85. The number of rotatable bonds is 19. The molecule has 15 N–H and O–H groups in total. The number of aliphatic hydroxyl groups is 1. The van der Waals surface area contributed by atoms with Crippen LogP contribution in [-0.4, -0.2) is 159 Å². The van der Waals surface area contributed by atoms with Crippen LogP contribution in [0.25, 0.3) is 0 Å². The zero-order valence-corrected chi connectivity index (χ0v) is 47.4. The topological polar surface area (TPSA) is 386 Å². The van der Waals surface area contributed by atoms with Crippen LogP contribution >= 0.6 is 21.6 Å². The molecule has 80 heavy (non-hydrogen) atoms. The number of benzene rings is 2. The van der Waals surface area contributed by atoms with Gasteiger partial charge in [0, 0.05) is 36.3 Å². The number of phenols is 1. The summed E-state index contributed by atoms with van der Waals surface area (Å²) in [6.07, 6.45) is 2.33. The maximum absolute atomic E-state index is 15.0. The molecule has 2 heterocycles. The Morgan fingerprint density at radius 3 is 2.05 bits per heavy atom. The summed E-state index contributed by atoms with van der Waals surface area (Å²) in [5, 5.41) is 39.3. The first kappa shape index (κ1) is 64.2. The van der Waals surface area contributed by atoms with Gasteiger partial charge in [-0.1, -0.05) is 85.4 Å². The van der Waals surface area contributed by atoms with Crippen LogP contribution in [0, 0.1) is 5.92 Å². The first-order chi connectivity index (χ1) is 38.1. The molecule has 1 saturated carbocycles. The lowest BCUT2D eigenvalue weighted by molar-refractivity contribution is -0.142. The largest absolute Gasteiger partial charge is 0.508 e. The molecule has 2 aromatic carbocycles. The molecule has 10 atom stereocenters. The fourth-order valence-corrected chi connectivity index (χ4v) is 13.3. The summed E-state index contributed by atoms with van der Waals surface area (Å²) >= 11 is 0. The first-order valence-electron chi connectivity index (χ1n) is 27.2. The molecule has 1 spiro atoms. The molecule has 0 aromatic heterocycles. The maximum atomic E-state index is 15.0. The molecule has 5 rings (SSSR count). The van der Waals surface area contributed by atoms with Crippen molar-refractivity contribution in [3.05, 3.63) is 59.7 Å². The third kappa shape index (κ3) is 18.7. The molecule has 2 aliphatic heterocycles. The zero-order valence-electron chi connectivity index (χ0n) is 45.8. The molecule has 3 fully saturated rings. The molecule has 26 heteroatoms. The summed E-state index contributed by atoms with van der Waals surface area (Å²) in [5.74, 6) is -8.38. The second-order valence-electron chi connectivity index (χ2n) is 20.9. The molecular formula is C54H79N11O13S2. The molecule has 0 bridgehead atoms. The van der Waals surface area contributed by atoms with Crippen molar-refractivity contribution in [1.29, 1.82) is 0 Å². The summed E-state index contributed by atoms with van der Waals surface area (Å²) in [6.45, 7) is 4.88. The Morgan fingerprint density at radius 1 is 0.800 bits per heavy atom. The number of hydrogen-bond donors (Lipinski definition) is 12. The minimum atomic E-state index is -1.76. The number of nitrogens with two attached hydrogens (primary N) is 3. The van der Waals surface area contributed by atoms with Gasteiger partial charge in [0.2, 0.25) is 59.1 Å². The van der Waals surface area contributed by atoms with Crippen LogP contribution in [0.5, 0.6) is 11.5 Å². The number of hydrogen-bond acceptors (Lipinski definition) is 16. The fraction of sp³-hybridized carbons (Fsp3) is 0.593. The van der Waals surface area contributed by atoms with E-state index in [0.29, 0.717) is 42.6 Å². The van der Waals surface area contributed by atoms with E-state index in [1.54, 1.807) is 50.2 Å². The molecule has 440 valence electrons. The van der Waals surface area contributed by atoms with Gasteiger partial charge in [0.1, 0.15) is 59.8 Å². The van der Waals surface area contributed by atoms with Gasteiger partial charge in [-0.25, -0.2) is 0 Å². The Kier molecular flexibility index (Phi) is 24.7. The number of phenolic OH excluding ortho intramolecular Hbond substituents is 1. The number of carbonyl (C=O) groups excluding carboxylic acids is 10. The summed E-state index contributed by atoms with van der Waals surface area (Å²) < 4.78 is 4.59. The van der Waals surface area contributed by atoms with Crippen LogP contribution in [0.4, 0.5) is 0 Å². The SMILES string of the molecule is CC[C@H](C)[C@@H]1NC(=O)[C@H](Cc2ccc(OC)cc2)NC(=O)CC2(CCCCC2)SSCC(C(=O)N2CCC[C@H]2C(=O)N[C@@H](CCCN)C(=O)N[C@@H](Cc2ccc(O)cc2)C(N)=O)NC(=O)[C@H](CC(N)=O)NC(=O)[C@H]([C@@H](C)O)NC1=O. The van der Waals surface area contributed by atoms with Crippen molar-refractivity contribution in [3.63, 3.8) is 0 Å². The Hall–Kier alpha value is -6.64. The number of amides is 10. The average Bonchev–Trinajstić information content (AvgIpc) is 3.93. The van der Waals surface area contributed by atoms with Crippen molar-refractivity contribution >= 4 is 80.7 Å². The van der Waals surface area contributed by atoms with Gasteiger partial charge < -0.3 is 74.3 Å². The number of aliphatic hydroxyl groups excluding tert-OH is 1. The lowest BCUT2D eigenvalue weighted by Gasteiger charge is -2.37. The number of aromatic hydroxyl groups is 1. The highest BCUT2D eigenvalue weighted by Gasteiger charge is 2.43. The van der Waals surface area contributed by atoms with Gasteiger partial charge in [-0.3, -0.25) is 47.9 Å². The predicted octanol–water partition coefficient (Wildman–Crippen LogP) is -0.415. The monoisotopic (exact) mass is 1150 g/mol. The van der Waals surface area contributed by atoms with E-state index < -0.39 is 131 Å². The highest BCUT2D eigenvalue weighted by Crippen LogP contribution is 2.48. The first-order valence-corrected chi connectivity index (χ1v) is 29.5. The fourth-order valence-electron chi connectivity index (χ4n) is 9.91. The number of methoxy groups -OCH3 is 1. The Morgan fingerprint density at radius 2 is 1.44 bits per heavy atom. The number of primary amides is 2. The van der Waals surface area contributed by atoms with Gasteiger partial charge in [-0.2, -0.15) is 0 Å². The van der Waals surface area contributed by atoms with Crippen molar-refractivity contribution in [1.82, 2.24) is 42.1 Å². The number of ether oxygens (including phenoxy) is 1. The van der Waals surface area contributed by atoms with Gasteiger partial charge >= 0.3 is 0 Å². The molecule has 24 nitrogen and oxygen atoms in total. The molecule has 2 saturated heterocycles. The van der Waals surface area contributed by atoms with E-state index in [1.807, 2.05) is 0 Å². The van der Waals surface area contributed by atoms with Crippen molar-refractivity contribution in [3.8, 4) is 11.5 Å². The summed E-state index contributed by atoms with van der Waals surface area (Å²) in [4.78, 5) is 141. The zero-order chi connectivity index (χ0) is 58.7. The van der Waals surface area contributed by atoms with E-state index in [2.05, 4.69) is 37.2 Å². The number of likely N-dealkylation sites (tertiary alicyclic amines) is 1. The normalized spacial score (nSPS) is 24.0. The van der Waals surface area contributed by atoms with Crippen LogP contribution < -0.4 is 59.2 Å². The molecule has 1 unspecified atom stereocenters. The lowest BCUT2D eigenvalue weighted by Crippen LogP contribution is -2.63. The third-order valence-corrected chi connectivity index (χ3v) is 18.0. The van der Waals surface area contributed by atoms with Crippen molar-refractivity contribution in [2.45, 2.75) is 170 Å². The summed E-state index contributed by atoms with van der Waals surface area (Å²) in [7, 11) is 4.05. The van der Waals surface area contributed by atoms with Crippen molar-refractivity contribution in [2.75, 3.05) is 26.0 Å². The summed E-state index contributed by atoms with van der Waals surface area (Å²) in [5.41, 5.74) is 18.3. The molecule has 10 amide bonds. The van der Waals surface area contributed by atoms with Crippen LogP contribution in [-0.2, 0) is 60.8 Å². The highest BCUT2D eigenvalue weighted by molar-refractivity contribution is 8.77. The minimum Gasteiger partial charge on any atom is -0.508 e. The second kappa shape index (κ2) is 30.8. The smallest absolute Gasteiger partial charge is 0.246 e. The third-order valence-electron chi connectivity index (χ3n) is 14.7. The summed E-state index contributed by atoms with van der Waals surface area (Å²) in [6, 6.07) is 1.83. The van der Waals surface area contributed by atoms with E-state index in [-0.39, 0.29) is 63.1 Å². The average molecular weight is 1150 g/mol. The predicted molar refractivity (Wildman–Crippen MR) is 300 cm³/mol. The van der Waals surface area contributed by atoms with E-state index in [1.165, 1.54) is 52.7 Å². The number of nitrogens with zero attached hydrogens (tertiary/aromatic N) is 1. The highest BCUT2D eigenvalue weighted by atomic mass is 33.1. The Labute approximate surface area is 473 Å². The molecule has 1 aliphatic carbocycles. The molecule has 3 aliphatic rings. The van der Waals surface area contributed by atoms with Crippen LogP contribution in [0.2, 0.25) is 0 Å². The molecule has 0 radical (unpaired) electrons. The second-order valence-corrected chi connectivity index (χ2v) is 23.7. The maximum Gasteiger partial charge on any atom is 0.246 e. The standard InChI is InChI=1S/C54H79N11O13S2/c1-5-30(2)44-51(75)64-45(31(3)66)52(76)61-39(27-42(56)68)48(72)62-40(29-79-80-54(21-7-6-8-22-54)28-43(69)58-38(49(73)63-44)26-33-15-19-35(78-4)20-16-33)53(77)65-24-10-12-41(65)50(74)59-36(11-9-23-55)47(71)60-37(46(57)70)25-32-13-17-34(67)18-14-32/h13-20,30-31,36-41,44-45,66-67H,5-12,21-29,55H2,1-4H3,(H2,56,68)(H2,57,70)(H,58,69)(H,59,74)(H,60,71)(H,61,76)(H,62,72)(H,63,73)(H,64,75)/t30-,31+,36-,37-,38-,39-,40?,41-,44-,45-/m0/s1. The number of carbonyl (C=O) groups is 10. The van der Waals surface area contributed by atoms with E-state index in [0.717, 1.165) is 19.3 Å². The van der Waals surface area contributed by atoms with Gasteiger partial charge in [0.15, 0.2) is 0 Å². The van der Waals surface area contributed by atoms with Crippen LogP contribution in [0.3, 0.4) is 0 Å². The van der Waals surface area contributed by atoms with Gasteiger partial charge in [0.05, 0.1) is 19.6 Å².